The summed E-state index contributed by atoms with van der Waals surface area (Å²) in [5, 5.41) is 4.46. The van der Waals surface area contributed by atoms with Gasteiger partial charge >= 0.3 is 0 Å². The highest BCUT2D eigenvalue weighted by atomic mass is 32.1. The molecule has 0 amide bonds. The van der Waals surface area contributed by atoms with Gasteiger partial charge in [0, 0.05) is 6.54 Å². The van der Waals surface area contributed by atoms with Crippen LogP contribution in [0, 0.1) is 11.3 Å². The Bertz CT molecular complexity index is 575. The van der Waals surface area contributed by atoms with Crippen molar-refractivity contribution in [3.63, 3.8) is 0 Å². The lowest BCUT2D eigenvalue weighted by molar-refractivity contribution is 0.269. The summed E-state index contributed by atoms with van der Waals surface area (Å²) in [4.78, 5) is 4.63. The van der Waals surface area contributed by atoms with Crippen LogP contribution in [0.1, 0.15) is 34.6 Å². The largest absolute Gasteiger partial charge is 0.494 e. The number of benzene rings is 1. The molecule has 0 saturated heterocycles. The molecule has 1 heterocycles. The number of anilines is 1. The van der Waals surface area contributed by atoms with E-state index >= 15 is 0 Å². The third-order valence-corrected chi connectivity index (χ3v) is 4.90. The molecule has 0 aliphatic carbocycles. The van der Waals surface area contributed by atoms with Gasteiger partial charge in [-0.2, -0.15) is 0 Å². The minimum absolute atomic E-state index is 0.258. The molecule has 2 aromatic rings. The molecule has 2 rings (SSSR count). The molecule has 0 radical (unpaired) electrons. The Morgan fingerprint density at radius 1 is 1.35 bits per heavy atom. The SMILES string of the molecule is CCOc1ccc2nc(NCC(C)(C)C(C)C)sc2c1. The van der Waals surface area contributed by atoms with Crippen LogP contribution < -0.4 is 10.1 Å². The highest BCUT2D eigenvalue weighted by Crippen LogP contribution is 2.31. The number of nitrogens with zero attached hydrogens (tertiary/aromatic N) is 1. The molecule has 1 aromatic heterocycles. The van der Waals surface area contributed by atoms with Crippen LogP contribution in [-0.4, -0.2) is 18.1 Å². The van der Waals surface area contributed by atoms with Gasteiger partial charge in [0.2, 0.25) is 0 Å². The first-order chi connectivity index (χ1) is 9.42. The first-order valence-electron chi connectivity index (χ1n) is 7.19. The maximum Gasteiger partial charge on any atom is 0.183 e. The van der Waals surface area contributed by atoms with Gasteiger partial charge < -0.3 is 10.1 Å². The molecule has 0 saturated carbocycles. The van der Waals surface area contributed by atoms with E-state index in [0.717, 1.165) is 22.9 Å². The Morgan fingerprint density at radius 2 is 2.10 bits per heavy atom. The van der Waals surface area contributed by atoms with Crippen LogP contribution >= 0.6 is 11.3 Å². The van der Waals surface area contributed by atoms with Gasteiger partial charge in [0.25, 0.3) is 0 Å². The van der Waals surface area contributed by atoms with Crippen molar-refractivity contribution in [2.24, 2.45) is 11.3 Å². The molecule has 0 unspecified atom stereocenters. The Balaban J connectivity index is 2.12. The summed E-state index contributed by atoms with van der Waals surface area (Å²) in [6, 6.07) is 6.07. The summed E-state index contributed by atoms with van der Waals surface area (Å²) in [6.07, 6.45) is 0. The zero-order valence-corrected chi connectivity index (χ0v) is 13.8. The molecular formula is C16H24N2OS. The van der Waals surface area contributed by atoms with Gasteiger partial charge in [0.1, 0.15) is 5.75 Å². The fraction of sp³-hybridized carbons (Fsp3) is 0.562. The second-order valence-corrected chi connectivity index (χ2v) is 7.11. The van der Waals surface area contributed by atoms with Gasteiger partial charge in [-0.3, -0.25) is 0 Å². The number of ether oxygens (including phenoxy) is 1. The lowest BCUT2D eigenvalue weighted by Crippen LogP contribution is -2.28. The normalized spacial score (nSPS) is 12.1. The van der Waals surface area contributed by atoms with Crippen molar-refractivity contribution in [3.05, 3.63) is 18.2 Å². The molecule has 1 N–H and O–H groups in total. The molecule has 0 aliphatic heterocycles. The van der Waals surface area contributed by atoms with E-state index in [-0.39, 0.29) is 5.41 Å². The van der Waals surface area contributed by atoms with Crippen LogP contribution in [0.3, 0.4) is 0 Å². The summed E-state index contributed by atoms with van der Waals surface area (Å²) >= 11 is 1.69. The number of rotatable bonds is 6. The highest BCUT2D eigenvalue weighted by Gasteiger charge is 2.22. The van der Waals surface area contributed by atoms with Crippen LogP contribution in [-0.2, 0) is 0 Å². The molecule has 1 aromatic carbocycles. The van der Waals surface area contributed by atoms with Crippen molar-refractivity contribution < 1.29 is 4.74 Å². The lowest BCUT2D eigenvalue weighted by atomic mass is 9.81. The molecule has 0 fully saturated rings. The molecule has 0 aliphatic rings. The van der Waals surface area contributed by atoms with E-state index in [1.165, 1.54) is 4.70 Å². The third kappa shape index (κ3) is 3.42. The summed E-state index contributed by atoms with van der Waals surface area (Å²) in [7, 11) is 0. The molecule has 0 spiro atoms. The molecule has 0 atom stereocenters. The number of thiazole rings is 1. The quantitative estimate of drug-likeness (QED) is 0.831. The van der Waals surface area contributed by atoms with Crippen molar-refractivity contribution in [3.8, 4) is 5.75 Å². The van der Waals surface area contributed by atoms with Crippen LogP contribution in [0.2, 0.25) is 0 Å². The minimum Gasteiger partial charge on any atom is -0.494 e. The van der Waals surface area contributed by atoms with Crippen LogP contribution in [0.25, 0.3) is 10.2 Å². The van der Waals surface area contributed by atoms with Crippen molar-refractivity contribution in [1.29, 1.82) is 0 Å². The van der Waals surface area contributed by atoms with Gasteiger partial charge in [-0.25, -0.2) is 4.98 Å². The van der Waals surface area contributed by atoms with Crippen LogP contribution in [0.4, 0.5) is 5.13 Å². The van der Waals surface area contributed by atoms with E-state index in [1.54, 1.807) is 11.3 Å². The Labute approximate surface area is 125 Å². The molecule has 110 valence electrons. The topological polar surface area (TPSA) is 34.1 Å². The van der Waals surface area contributed by atoms with Crippen molar-refractivity contribution in [2.45, 2.75) is 34.6 Å². The number of nitrogens with one attached hydrogen (secondary N) is 1. The predicted molar refractivity (Wildman–Crippen MR) is 87.9 cm³/mol. The highest BCUT2D eigenvalue weighted by molar-refractivity contribution is 7.22. The Morgan fingerprint density at radius 3 is 2.75 bits per heavy atom. The van der Waals surface area contributed by atoms with E-state index in [9.17, 15) is 0 Å². The summed E-state index contributed by atoms with van der Waals surface area (Å²) < 4.78 is 6.69. The maximum atomic E-state index is 5.53. The second kappa shape index (κ2) is 6.00. The molecule has 20 heavy (non-hydrogen) atoms. The number of fused-ring (bicyclic) bond motifs is 1. The summed E-state index contributed by atoms with van der Waals surface area (Å²) in [5.41, 5.74) is 1.29. The molecule has 0 bridgehead atoms. The first-order valence-corrected chi connectivity index (χ1v) is 8.01. The van der Waals surface area contributed by atoms with Crippen LogP contribution in [0.15, 0.2) is 18.2 Å². The predicted octanol–water partition coefficient (Wildman–Crippen LogP) is 4.79. The summed E-state index contributed by atoms with van der Waals surface area (Å²) in [5.74, 6) is 1.55. The number of hydrogen-bond donors (Lipinski definition) is 1. The fourth-order valence-electron chi connectivity index (χ4n) is 1.74. The van der Waals surface area contributed by atoms with Gasteiger partial charge in [-0.05, 0) is 36.5 Å². The first kappa shape index (κ1) is 15.1. The van der Waals surface area contributed by atoms with E-state index in [4.69, 9.17) is 4.74 Å². The Kier molecular flexibility index (Phi) is 4.53. The van der Waals surface area contributed by atoms with Crippen molar-refractivity contribution in [2.75, 3.05) is 18.5 Å². The number of hydrogen-bond acceptors (Lipinski definition) is 4. The van der Waals surface area contributed by atoms with Crippen molar-refractivity contribution in [1.82, 2.24) is 4.98 Å². The smallest absolute Gasteiger partial charge is 0.183 e. The zero-order chi connectivity index (χ0) is 14.8. The molecule has 3 nitrogen and oxygen atoms in total. The summed E-state index contributed by atoms with van der Waals surface area (Å²) in [6.45, 7) is 12.7. The average molecular weight is 292 g/mol. The zero-order valence-electron chi connectivity index (χ0n) is 13.0. The van der Waals surface area contributed by atoms with E-state index in [0.29, 0.717) is 12.5 Å². The van der Waals surface area contributed by atoms with Gasteiger partial charge in [0.05, 0.1) is 16.8 Å². The van der Waals surface area contributed by atoms with E-state index < -0.39 is 0 Å². The molecule has 4 heteroatoms. The second-order valence-electron chi connectivity index (χ2n) is 6.08. The average Bonchev–Trinajstić information content (AvgIpc) is 2.79. The lowest BCUT2D eigenvalue weighted by Gasteiger charge is -2.29. The van der Waals surface area contributed by atoms with E-state index in [1.807, 2.05) is 19.1 Å². The minimum atomic E-state index is 0.258. The molecular weight excluding hydrogens is 268 g/mol. The van der Waals surface area contributed by atoms with Gasteiger partial charge in [0.15, 0.2) is 5.13 Å². The Hall–Kier alpha value is -1.29. The van der Waals surface area contributed by atoms with Gasteiger partial charge in [-0.1, -0.05) is 39.0 Å². The number of aromatic nitrogens is 1. The third-order valence-electron chi connectivity index (χ3n) is 3.93. The monoisotopic (exact) mass is 292 g/mol. The van der Waals surface area contributed by atoms with Crippen LogP contribution in [0.5, 0.6) is 5.75 Å². The van der Waals surface area contributed by atoms with Crippen molar-refractivity contribution >= 4 is 26.7 Å². The standard InChI is InChI=1S/C16H24N2OS/c1-6-19-12-7-8-13-14(9-12)20-15(18-13)17-10-16(4,5)11(2)3/h7-9,11H,6,10H2,1-5H3,(H,17,18). The maximum absolute atomic E-state index is 5.53. The fourth-order valence-corrected chi connectivity index (χ4v) is 2.63. The van der Waals surface area contributed by atoms with Gasteiger partial charge in [-0.15, -0.1) is 0 Å². The van der Waals surface area contributed by atoms with E-state index in [2.05, 4.69) is 44.1 Å².